The van der Waals surface area contributed by atoms with Crippen molar-refractivity contribution in [3.63, 3.8) is 0 Å². The Labute approximate surface area is 79.0 Å². The number of rotatable bonds is 2. The van der Waals surface area contributed by atoms with Crippen LogP contribution in [0.25, 0.3) is 0 Å². The first-order valence-corrected chi connectivity index (χ1v) is 4.77. The van der Waals surface area contributed by atoms with Crippen molar-refractivity contribution in [1.29, 1.82) is 0 Å². The minimum Gasteiger partial charge on any atom is -0.299 e. The third kappa shape index (κ3) is 1.87. The standard InChI is InChI=1S/C11H16O2/c1-4-5-8-6-9(12)10(7(2)3)11(8)13/h4-5,7-8,10H,6H2,1-3H3/b5-4+. The predicted molar refractivity (Wildman–Crippen MR) is 51.3 cm³/mol. The lowest BCUT2D eigenvalue weighted by molar-refractivity contribution is -0.129. The number of allylic oxidation sites excluding steroid dienone is 2. The molecule has 0 amide bonds. The molecule has 2 heteroatoms. The zero-order chi connectivity index (χ0) is 10.0. The molecular weight excluding hydrogens is 164 g/mol. The fraction of sp³-hybridized carbons (Fsp3) is 0.636. The van der Waals surface area contributed by atoms with Crippen molar-refractivity contribution in [2.45, 2.75) is 27.2 Å². The van der Waals surface area contributed by atoms with E-state index in [1.165, 1.54) is 0 Å². The molecule has 1 aliphatic carbocycles. The van der Waals surface area contributed by atoms with Crippen LogP contribution in [0.15, 0.2) is 12.2 Å². The van der Waals surface area contributed by atoms with E-state index < -0.39 is 0 Å². The topological polar surface area (TPSA) is 34.1 Å². The number of carbonyl (C=O) groups is 2. The largest absolute Gasteiger partial charge is 0.299 e. The molecule has 1 aliphatic rings. The van der Waals surface area contributed by atoms with Crippen LogP contribution in [0, 0.1) is 17.8 Å². The van der Waals surface area contributed by atoms with Gasteiger partial charge in [0.25, 0.3) is 0 Å². The molecule has 2 unspecified atom stereocenters. The van der Waals surface area contributed by atoms with Crippen molar-refractivity contribution >= 4 is 11.6 Å². The molecule has 0 spiro atoms. The van der Waals surface area contributed by atoms with Gasteiger partial charge in [-0.2, -0.15) is 0 Å². The second-order valence-corrected chi connectivity index (χ2v) is 3.93. The molecule has 0 bridgehead atoms. The Morgan fingerprint density at radius 2 is 2.00 bits per heavy atom. The minimum absolute atomic E-state index is 0.109. The Morgan fingerprint density at radius 1 is 1.38 bits per heavy atom. The van der Waals surface area contributed by atoms with Gasteiger partial charge in [0, 0.05) is 12.3 Å². The lowest BCUT2D eigenvalue weighted by atomic mass is 9.91. The summed E-state index contributed by atoms with van der Waals surface area (Å²) in [6.07, 6.45) is 4.09. The van der Waals surface area contributed by atoms with E-state index in [1.54, 1.807) is 0 Å². The molecule has 0 N–H and O–H groups in total. The van der Waals surface area contributed by atoms with E-state index in [-0.39, 0.29) is 29.3 Å². The molecule has 2 nitrogen and oxygen atoms in total. The average Bonchev–Trinajstić information content (AvgIpc) is 2.28. The highest BCUT2D eigenvalue weighted by molar-refractivity contribution is 6.10. The molecule has 0 aliphatic heterocycles. The van der Waals surface area contributed by atoms with Gasteiger partial charge in [-0.25, -0.2) is 0 Å². The second-order valence-electron chi connectivity index (χ2n) is 3.93. The summed E-state index contributed by atoms with van der Waals surface area (Å²) in [5, 5.41) is 0. The highest BCUT2D eigenvalue weighted by atomic mass is 16.2. The van der Waals surface area contributed by atoms with E-state index in [0.29, 0.717) is 6.42 Å². The maximum atomic E-state index is 11.7. The predicted octanol–water partition coefficient (Wildman–Crippen LogP) is 1.99. The zero-order valence-electron chi connectivity index (χ0n) is 8.41. The summed E-state index contributed by atoms with van der Waals surface area (Å²) < 4.78 is 0. The van der Waals surface area contributed by atoms with E-state index in [1.807, 2.05) is 32.9 Å². The fourth-order valence-corrected chi connectivity index (χ4v) is 1.93. The van der Waals surface area contributed by atoms with Crippen LogP contribution in [0.5, 0.6) is 0 Å². The first-order valence-electron chi connectivity index (χ1n) is 4.77. The normalized spacial score (nSPS) is 29.5. The maximum absolute atomic E-state index is 11.7. The van der Waals surface area contributed by atoms with Crippen LogP contribution >= 0.6 is 0 Å². The molecule has 0 saturated heterocycles. The molecule has 13 heavy (non-hydrogen) atoms. The summed E-state index contributed by atoms with van der Waals surface area (Å²) in [4.78, 5) is 23.1. The summed E-state index contributed by atoms with van der Waals surface area (Å²) in [5.74, 6) is -0.123. The quantitative estimate of drug-likeness (QED) is 0.481. The summed E-state index contributed by atoms with van der Waals surface area (Å²) >= 11 is 0. The van der Waals surface area contributed by atoms with Crippen molar-refractivity contribution in [3.8, 4) is 0 Å². The Kier molecular flexibility index (Phi) is 3.02. The van der Waals surface area contributed by atoms with Crippen LogP contribution in [0.2, 0.25) is 0 Å². The Bertz CT molecular complexity index is 251. The maximum Gasteiger partial charge on any atom is 0.150 e. The molecule has 1 rings (SSSR count). The van der Waals surface area contributed by atoms with Crippen molar-refractivity contribution in [2.24, 2.45) is 17.8 Å². The fourth-order valence-electron chi connectivity index (χ4n) is 1.93. The molecule has 0 aromatic rings. The number of hydrogen-bond acceptors (Lipinski definition) is 2. The highest BCUT2D eigenvalue weighted by Gasteiger charge is 2.40. The first-order chi connectivity index (χ1) is 6.07. The molecule has 0 radical (unpaired) electrons. The van der Waals surface area contributed by atoms with Crippen molar-refractivity contribution in [3.05, 3.63) is 12.2 Å². The van der Waals surface area contributed by atoms with Gasteiger partial charge < -0.3 is 0 Å². The van der Waals surface area contributed by atoms with Crippen LogP contribution < -0.4 is 0 Å². The van der Waals surface area contributed by atoms with Crippen molar-refractivity contribution < 1.29 is 9.59 Å². The number of hydrogen-bond donors (Lipinski definition) is 0. The Balaban J connectivity index is 2.81. The molecule has 2 atom stereocenters. The van der Waals surface area contributed by atoms with Crippen LogP contribution in [0.4, 0.5) is 0 Å². The van der Waals surface area contributed by atoms with Gasteiger partial charge in [-0.3, -0.25) is 9.59 Å². The number of carbonyl (C=O) groups excluding carboxylic acids is 2. The van der Waals surface area contributed by atoms with Gasteiger partial charge in [-0.05, 0) is 12.8 Å². The van der Waals surface area contributed by atoms with Gasteiger partial charge in [0.05, 0.1) is 5.92 Å². The van der Waals surface area contributed by atoms with Crippen molar-refractivity contribution in [1.82, 2.24) is 0 Å². The molecule has 1 fully saturated rings. The van der Waals surface area contributed by atoms with Crippen LogP contribution in [0.1, 0.15) is 27.2 Å². The third-order valence-electron chi connectivity index (χ3n) is 2.53. The summed E-state index contributed by atoms with van der Waals surface area (Å²) in [6.45, 7) is 5.73. The average molecular weight is 180 g/mol. The second kappa shape index (κ2) is 3.86. The van der Waals surface area contributed by atoms with Gasteiger partial charge in [0.15, 0.2) is 5.78 Å². The highest BCUT2D eigenvalue weighted by Crippen LogP contribution is 2.30. The van der Waals surface area contributed by atoms with Crippen LogP contribution in [-0.2, 0) is 9.59 Å². The molecule has 72 valence electrons. The number of ketones is 2. The van der Waals surface area contributed by atoms with Gasteiger partial charge in [-0.15, -0.1) is 0 Å². The van der Waals surface area contributed by atoms with Gasteiger partial charge >= 0.3 is 0 Å². The van der Waals surface area contributed by atoms with Crippen LogP contribution in [0.3, 0.4) is 0 Å². The molecular formula is C11H16O2. The Hall–Kier alpha value is -0.920. The number of Topliss-reactive ketones (excluding diaryl/α,β-unsaturated/α-hetero) is 2. The Morgan fingerprint density at radius 3 is 2.38 bits per heavy atom. The summed E-state index contributed by atoms with van der Waals surface area (Å²) in [6, 6.07) is 0. The zero-order valence-corrected chi connectivity index (χ0v) is 8.41. The SMILES string of the molecule is C/C=C/C1CC(=O)C(C(C)C)C1=O. The molecule has 1 saturated carbocycles. The summed E-state index contributed by atoms with van der Waals surface area (Å²) in [5.41, 5.74) is 0. The third-order valence-corrected chi connectivity index (χ3v) is 2.53. The van der Waals surface area contributed by atoms with E-state index in [9.17, 15) is 9.59 Å². The first kappa shape index (κ1) is 10.2. The van der Waals surface area contributed by atoms with Gasteiger partial charge in [0.2, 0.25) is 0 Å². The smallest absolute Gasteiger partial charge is 0.150 e. The van der Waals surface area contributed by atoms with Crippen LogP contribution in [-0.4, -0.2) is 11.6 Å². The lowest BCUT2D eigenvalue weighted by Crippen LogP contribution is -2.22. The molecule has 0 aromatic heterocycles. The van der Waals surface area contributed by atoms with Gasteiger partial charge in [-0.1, -0.05) is 26.0 Å². The molecule has 0 aromatic carbocycles. The van der Waals surface area contributed by atoms with Crippen molar-refractivity contribution in [2.75, 3.05) is 0 Å². The van der Waals surface area contributed by atoms with E-state index >= 15 is 0 Å². The molecule has 0 heterocycles. The van der Waals surface area contributed by atoms with Gasteiger partial charge in [0.1, 0.15) is 5.78 Å². The van der Waals surface area contributed by atoms with E-state index in [4.69, 9.17) is 0 Å². The van der Waals surface area contributed by atoms with E-state index in [2.05, 4.69) is 0 Å². The lowest BCUT2D eigenvalue weighted by Gasteiger charge is -2.10. The minimum atomic E-state index is -0.346. The summed E-state index contributed by atoms with van der Waals surface area (Å²) in [7, 11) is 0. The van der Waals surface area contributed by atoms with E-state index in [0.717, 1.165) is 0 Å². The monoisotopic (exact) mass is 180 g/mol.